The number of sulfonamides is 1. The van der Waals surface area contributed by atoms with Crippen molar-refractivity contribution in [3.05, 3.63) is 33.6 Å². The minimum absolute atomic E-state index is 0.0455. The van der Waals surface area contributed by atoms with E-state index in [0.29, 0.717) is 10.3 Å². The molecule has 1 heterocycles. The predicted octanol–water partition coefficient (Wildman–Crippen LogP) is 2.39. The lowest BCUT2D eigenvalue weighted by Gasteiger charge is -2.12. The number of hydrogen-bond donors (Lipinski definition) is 2. The maximum atomic E-state index is 12.4. The van der Waals surface area contributed by atoms with Crippen molar-refractivity contribution in [2.75, 3.05) is 17.6 Å². The average molecular weight is 438 g/mol. The summed E-state index contributed by atoms with van der Waals surface area (Å²) in [5.74, 6) is 0.209. The first-order valence-corrected chi connectivity index (χ1v) is 8.55. The van der Waals surface area contributed by atoms with Gasteiger partial charge in [-0.05, 0) is 44.0 Å². The first kappa shape index (κ1) is 16.0. The number of nitrogens with zero attached hydrogens (tertiary/aromatic N) is 2. The first-order valence-electron chi connectivity index (χ1n) is 5.48. The SMILES string of the molecule is COc1cc(N)ccc1S(=O)(=O)Nc1ncc(Br)nc1Br. The van der Waals surface area contributed by atoms with Crippen molar-refractivity contribution in [1.29, 1.82) is 0 Å². The van der Waals surface area contributed by atoms with Gasteiger partial charge in [-0.3, -0.25) is 4.72 Å². The third kappa shape index (κ3) is 3.63. The van der Waals surface area contributed by atoms with E-state index in [1.165, 1.54) is 31.5 Å². The van der Waals surface area contributed by atoms with Crippen molar-refractivity contribution in [3.8, 4) is 5.75 Å². The van der Waals surface area contributed by atoms with E-state index in [2.05, 4.69) is 46.5 Å². The monoisotopic (exact) mass is 436 g/mol. The first-order chi connectivity index (χ1) is 9.83. The van der Waals surface area contributed by atoms with Crippen LogP contribution in [0.5, 0.6) is 5.75 Å². The maximum absolute atomic E-state index is 12.4. The number of hydrogen-bond acceptors (Lipinski definition) is 6. The molecule has 0 aliphatic rings. The Hall–Kier alpha value is -1.39. The molecule has 0 aliphatic heterocycles. The molecule has 21 heavy (non-hydrogen) atoms. The molecule has 10 heteroatoms. The molecule has 1 aromatic carbocycles. The fourth-order valence-corrected chi connectivity index (χ4v) is 3.71. The van der Waals surface area contributed by atoms with Crippen LogP contribution in [0.1, 0.15) is 0 Å². The van der Waals surface area contributed by atoms with Gasteiger partial charge in [0.2, 0.25) is 0 Å². The Bertz CT molecular complexity index is 783. The lowest BCUT2D eigenvalue weighted by atomic mass is 10.3. The summed E-state index contributed by atoms with van der Waals surface area (Å²) in [6.45, 7) is 0. The standard InChI is InChI=1S/C11H10Br2N4O3S/c1-20-7-4-6(14)2-3-8(7)21(18,19)17-11-10(13)16-9(12)5-15-11/h2-5H,14H2,1H3,(H,15,17). The minimum atomic E-state index is -3.89. The number of ether oxygens (including phenoxy) is 1. The highest BCUT2D eigenvalue weighted by Gasteiger charge is 2.21. The van der Waals surface area contributed by atoms with Crippen LogP contribution in [0, 0.1) is 0 Å². The summed E-state index contributed by atoms with van der Waals surface area (Å²) in [4.78, 5) is 7.90. The molecule has 0 amide bonds. The number of anilines is 2. The summed E-state index contributed by atoms with van der Waals surface area (Å²) in [6.07, 6.45) is 1.38. The van der Waals surface area contributed by atoms with Crippen molar-refractivity contribution in [2.45, 2.75) is 4.90 Å². The Balaban J connectivity index is 2.43. The van der Waals surface area contributed by atoms with Crippen LogP contribution in [0.25, 0.3) is 0 Å². The van der Waals surface area contributed by atoms with Gasteiger partial charge in [-0.25, -0.2) is 18.4 Å². The van der Waals surface area contributed by atoms with Crippen LogP contribution >= 0.6 is 31.9 Å². The second-order valence-electron chi connectivity index (χ2n) is 3.85. The second kappa shape index (κ2) is 6.16. The zero-order chi connectivity index (χ0) is 15.6. The van der Waals surface area contributed by atoms with Crippen molar-refractivity contribution in [2.24, 2.45) is 0 Å². The molecule has 0 atom stereocenters. The molecule has 2 aromatic rings. The van der Waals surface area contributed by atoms with Crippen molar-refractivity contribution in [3.63, 3.8) is 0 Å². The van der Waals surface area contributed by atoms with Gasteiger partial charge in [-0.15, -0.1) is 0 Å². The fourth-order valence-electron chi connectivity index (χ4n) is 1.50. The van der Waals surface area contributed by atoms with Gasteiger partial charge in [0.15, 0.2) is 10.4 Å². The zero-order valence-corrected chi connectivity index (χ0v) is 14.7. The number of nitrogens with one attached hydrogen (secondary N) is 1. The van der Waals surface area contributed by atoms with Crippen LogP contribution in [-0.2, 0) is 10.0 Å². The summed E-state index contributed by atoms with van der Waals surface area (Å²) in [5.41, 5.74) is 6.01. The van der Waals surface area contributed by atoms with Crippen molar-refractivity contribution < 1.29 is 13.2 Å². The topological polar surface area (TPSA) is 107 Å². The molecular weight excluding hydrogens is 428 g/mol. The second-order valence-corrected chi connectivity index (χ2v) is 7.06. The van der Waals surface area contributed by atoms with Gasteiger partial charge in [0, 0.05) is 11.8 Å². The van der Waals surface area contributed by atoms with E-state index in [1.807, 2.05) is 0 Å². The number of aromatic nitrogens is 2. The molecular formula is C11H10Br2N4O3S. The molecule has 0 fully saturated rings. The predicted molar refractivity (Wildman–Crippen MR) is 85.6 cm³/mol. The Kier molecular flexibility index (Phi) is 4.69. The van der Waals surface area contributed by atoms with E-state index in [9.17, 15) is 8.42 Å². The molecule has 0 bridgehead atoms. The normalized spacial score (nSPS) is 11.2. The van der Waals surface area contributed by atoms with Gasteiger partial charge in [0.25, 0.3) is 10.0 Å². The Morgan fingerprint density at radius 2 is 2.05 bits per heavy atom. The molecule has 2 rings (SSSR count). The lowest BCUT2D eigenvalue weighted by Crippen LogP contribution is -2.16. The van der Waals surface area contributed by atoms with Crippen LogP contribution in [-0.4, -0.2) is 25.5 Å². The zero-order valence-electron chi connectivity index (χ0n) is 10.7. The number of methoxy groups -OCH3 is 1. The van der Waals surface area contributed by atoms with Crippen LogP contribution in [0.15, 0.2) is 38.5 Å². The Morgan fingerprint density at radius 1 is 1.33 bits per heavy atom. The Morgan fingerprint density at radius 3 is 2.67 bits per heavy atom. The van der Waals surface area contributed by atoms with Gasteiger partial charge < -0.3 is 10.5 Å². The van der Waals surface area contributed by atoms with Gasteiger partial charge >= 0.3 is 0 Å². The van der Waals surface area contributed by atoms with Crippen LogP contribution in [0.2, 0.25) is 0 Å². The van der Waals surface area contributed by atoms with Crippen molar-refractivity contribution >= 4 is 53.4 Å². The van der Waals surface area contributed by atoms with Gasteiger partial charge in [0.1, 0.15) is 15.2 Å². The fraction of sp³-hybridized carbons (Fsp3) is 0.0909. The minimum Gasteiger partial charge on any atom is -0.495 e. The third-order valence-corrected chi connectivity index (χ3v) is 4.72. The van der Waals surface area contributed by atoms with E-state index in [4.69, 9.17) is 10.5 Å². The highest BCUT2D eigenvalue weighted by Crippen LogP contribution is 2.29. The largest absolute Gasteiger partial charge is 0.495 e. The molecule has 0 unspecified atom stereocenters. The molecule has 3 N–H and O–H groups in total. The number of benzene rings is 1. The summed E-state index contributed by atoms with van der Waals surface area (Å²) < 4.78 is 32.9. The highest BCUT2D eigenvalue weighted by molar-refractivity contribution is 9.11. The quantitative estimate of drug-likeness (QED) is 0.711. The molecule has 0 saturated heterocycles. The number of nitrogens with two attached hydrogens (primary N) is 1. The molecule has 112 valence electrons. The number of halogens is 2. The van der Waals surface area contributed by atoms with Gasteiger partial charge in [0.05, 0.1) is 13.3 Å². The summed E-state index contributed by atoms with van der Waals surface area (Å²) in [7, 11) is -2.52. The van der Waals surface area contributed by atoms with Gasteiger partial charge in [-0.1, -0.05) is 0 Å². The van der Waals surface area contributed by atoms with E-state index in [0.717, 1.165) is 0 Å². The molecule has 0 radical (unpaired) electrons. The van der Waals surface area contributed by atoms with Gasteiger partial charge in [-0.2, -0.15) is 0 Å². The lowest BCUT2D eigenvalue weighted by molar-refractivity contribution is 0.403. The summed E-state index contributed by atoms with van der Waals surface area (Å²) >= 11 is 6.27. The molecule has 0 saturated carbocycles. The smallest absolute Gasteiger partial charge is 0.266 e. The summed E-state index contributed by atoms with van der Waals surface area (Å²) in [5, 5.41) is 0. The highest BCUT2D eigenvalue weighted by atomic mass is 79.9. The van der Waals surface area contributed by atoms with Crippen molar-refractivity contribution in [1.82, 2.24) is 9.97 Å². The number of nitrogen functional groups attached to an aromatic ring is 1. The van der Waals surface area contributed by atoms with E-state index in [-0.39, 0.29) is 21.1 Å². The molecule has 7 nitrogen and oxygen atoms in total. The van der Waals surface area contributed by atoms with Crippen LogP contribution in [0.4, 0.5) is 11.5 Å². The number of rotatable bonds is 4. The third-order valence-electron chi connectivity index (χ3n) is 2.41. The van der Waals surface area contributed by atoms with E-state index >= 15 is 0 Å². The maximum Gasteiger partial charge on any atom is 0.266 e. The average Bonchev–Trinajstić information content (AvgIpc) is 2.41. The Labute approximate surface area is 138 Å². The summed E-state index contributed by atoms with van der Waals surface area (Å²) in [6, 6.07) is 4.26. The van der Waals surface area contributed by atoms with Crippen LogP contribution < -0.4 is 15.2 Å². The molecule has 0 aliphatic carbocycles. The van der Waals surface area contributed by atoms with E-state index in [1.54, 1.807) is 0 Å². The van der Waals surface area contributed by atoms with Crippen LogP contribution in [0.3, 0.4) is 0 Å². The van der Waals surface area contributed by atoms with E-state index < -0.39 is 10.0 Å². The molecule has 0 spiro atoms. The molecule has 1 aromatic heterocycles.